The SMILES string of the molecule is Sc1cn(CC2CC2)nn1. The average molecular weight is 155 g/mol. The third-order valence-electron chi connectivity index (χ3n) is 1.67. The zero-order valence-electron chi connectivity index (χ0n) is 5.56. The molecule has 1 aromatic rings. The summed E-state index contributed by atoms with van der Waals surface area (Å²) in [6, 6.07) is 0. The second-order valence-corrected chi connectivity index (χ2v) is 3.20. The highest BCUT2D eigenvalue weighted by Crippen LogP contribution is 2.30. The maximum atomic E-state index is 4.05. The third kappa shape index (κ3) is 1.31. The Morgan fingerprint density at radius 3 is 3.00 bits per heavy atom. The van der Waals surface area contributed by atoms with E-state index in [9.17, 15) is 0 Å². The lowest BCUT2D eigenvalue weighted by molar-refractivity contribution is 0.544. The summed E-state index contributed by atoms with van der Waals surface area (Å²) in [4.78, 5) is 0. The second-order valence-electron chi connectivity index (χ2n) is 2.74. The summed E-state index contributed by atoms with van der Waals surface area (Å²) in [5.74, 6) is 0.856. The molecule has 1 aliphatic rings. The van der Waals surface area contributed by atoms with E-state index in [4.69, 9.17) is 0 Å². The van der Waals surface area contributed by atoms with E-state index in [0.29, 0.717) is 5.03 Å². The maximum absolute atomic E-state index is 4.05. The van der Waals surface area contributed by atoms with Crippen LogP contribution in [0.25, 0.3) is 0 Å². The van der Waals surface area contributed by atoms with E-state index in [1.54, 1.807) is 0 Å². The van der Waals surface area contributed by atoms with Gasteiger partial charge in [0.15, 0.2) is 0 Å². The van der Waals surface area contributed by atoms with Crippen molar-refractivity contribution in [3.05, 3.63) is 6.20 Å². The van der Waals surface area contributed by atoms with Crippen LogP contribution in [-0.4, -0.2) is 15.0 Å². The molecule has 2 rings (SSSR count). The molecule has 10 heavy (non-hydrogen) atoms. The molecule has 0 spiro atoms. The van der Waals surface area contributed by atoms with Crippen LogP contribution < -0.4 is 0 Å². The summed E-state index contributed by atoms with van der Waals surface area (Å²) in [6.45, 7) is 1.02. The maximum Gasteiger partial charge on any atom is 0.135 e. The summed E-state index contributed by atoms with van der Waals surface area (Å²) >= 11 is 4.05. The molecular formula is C6H9N3S. The molecule has 3 nitrogen and oxygen atoms in total. The van der Waals surface area contributed by atoms with Crippen LogP contribution in [0.15, 0.2) is 11.2 Å². The fourth-order valence-electron chi connectivity index (χ4n) is 0.942. The van der Waals surface area contributed by atoms with E-state index < -0.39 is 0 Å². The molecule has 0 radical (unpaired) electrons. The first-order chi connectivity index (χ1) is 4.84. The summed E-state index contributed by atoms with van der Waals surface area (Å²) < 4.78 is 1.86. The normalized spacial score (nSPS) is 17.7. The minimum Gasteiger partial charge on any atom is -0.251 e. The van der Waals surface area contributed by atoms with Crippen LogP contribution in [0.1, 0.15) is 12.8 Å². The van der Waals surface area contributed by atoms with Crippen molar-refractivity contribution in [1.82, 2.24) is 15.0 Å². The van der Waals surface area contributed by atoms with E-state index in [1.807, 2.05) is 10.9 Å². The highest BCUT2D eigenvalue weighted by molar-refractivity contribution is 7.80. The lowest BCUT2D eigenvalue weighted by Crippen LogP contribution is -1.99. The van der Waals surface area contributed by atoms with Gasteiger partial charge < -0.3 is 0 Å². The van der Waals surface area contributed by atoms with E-state index in [-0.39, 0.29) is 0 Å². The molecule has 1 saturated carbocycles. The fraction of sp³-hybridized carbons (Fsp3) is 0.667. The molecule has 0 aliphatic heterocycles. The Morgan fingerprint density at radius 1 is 1.70 bits per heavy atom. The highest BCUT2D eigenvalue weighted by atomic mass is 32.1. The van der Waals surface area contributed by atoms with Gasteiger partial charge in [-0.15, -0.1) is 17.7 Å². The minimum atomic E-state index is 0.709. The van der Waals surface area contributed by atoms with Crippen molar-refractivity contribution in [1.29, 1.82) is 0 Å². The van der Waals surface area contributed by atoms with Crippen LogP contribution in [0.5, 0.6) is 0 Å². The van der Waals surface area contributed by atoms with Crippen molar-refractivity contribution < 1.29 is 0 Å². The van der Waals surface area contributed by atoms with Gasteiger partial charge in [-0.05, 0) is 18.8 Å². The van der Waals surface area contributed by atoms with E-state index in [1.165, 1.54) is 12.8 Å². The van der Waals surface area contributed by atoms with Gasteiger partial charge in [-0.25, -0.2) is 0 Å². The van der Waals surface area contributed by atoms with Gasteiger partial charge in [0.05, 0.1) is 6.20 Å². The first-order valence-corrected chi connectivity index (χ1v) is 3.88. The van der Waals surface area contributed by atoms with Crippen molar-refractivity contribution in [3.8, 4) is 0 Å². The zero-order chi connectivity index (χ0) is 6.97. The van der Waals surface area contributed by atoms with Crippen LogP contribution in [-0.2, 0) is 6.54 Å². The molecule has 0 saturated heterocycles. The summed E-state index contributed by atoms with van der Waals surface area (Å²) in [5, 5.41) is 8.37. The molecule has 0 unspecified atom stereocenters. The Labute approximate surface area is 64.8 Å². The Hall–Kier alpha value is -0.510. The topological polar surface area (TPSA) is 30.7 Å². The van der Waals surface area contributed by atoms with Crippen molar-refractivity contribution in [3.63, 3.8) is 0 Å². The quantitative estimate of drug-likeness (QED) is 0.645. The molecule has 0 bridgehead atoms. The molecular weight excluding hydrogens is 146 g/mol. The number of thiol groups is 1. The van der Waals surface area contributed by atoms with Crippen molar-refractivity contribution in [2.45, 2.75) is 24.4 Å². The largest absolute Gasteiger partial charge is 0.251 e. The Morgan fingerprint density at radius 2 is 2.50 bits per heavy atom. The Balaban J connectivity index is 2.03. The predicted molar refractivity (Wildman–Crippen MR) is 40.0 cm³/mol. The van der Waals surface area contributed by atoms with Gasteiger partial charge in [0, 0.05) is 6.54 Å². The van der Waals surface area contributed by atoms with Gasteiger partial charge in [-0.1, -0.05) is 5.21 Å². The van der Waals surface area contributed by atoms with Crippen LogP contribution in [0.3, 0.4) is 0 Å². The van der Waals surface area contributed by atoms with E-state index >= 15 is 0 Å². The molecule has 0 aromatic carbocycles. The molecule has 1 fully saturated rings. The number of nitrogens with zero attached hydrogens (tertiary/aromatic N) is 3. The van der Waals surface area contributed by atoms with Crippen LogP contribution in [0.2, 0.25) is 0 Å². The van der Waals surface area contributed by atoms with Gasteiger partial charge >= 0.3 is 0 Å². The molecule has 1 aliphatic carbocycles. The van der Waals surface area contributed by atoms with E-state index in [2.05, 4.69) is 22.9 Å². The third-order valence-corrected chi connectivity index (χ3v) is 1.87. The predicted octanol–water partition coefficient (Wildman–Crippen LogP) is 0.977. The second kappa shape index (κ2) is 2.27. The summed E-state index contributed by atoms with van der Waals surface area (Å²) in [6.07, 6.45) is 4.56. The first-order valence-electron chi connectivity index (χ1n) is 3.44. The molecule has 1 aromatic heterocycles. The van der Waals surface area contributed by atoms with Gasteiger partial charge in [0.1, 0.15) is 5.03 Å². The Kier molecular flexibility index (Phi) is 1.41. The lowest BCUT2D eigenvalue weighted by atomic mass is 10.4. The van der Waals surface area contributed by atoms with Crippen molar-refractivity contribution >= 4 is 12.6 Å². The lowest BCUT2D eigenvalue weighted by Gasteiger charge is -1.93. The van der Waals surface area contributed by atoms with E-state index in [0.717, 1.165) is 12.5 Å². The van der Waals surface area contributed by atoms with Crippen molar-refractivity contribution in [2.24, 2.45) is 5.92 Å². The van der Waals surface area contributed by atoms with Gasteiger partial charge in [0.25, 0.3) is 0 Å². The summed E-state index contributed by atoms with van der Waals surface area (Å²) in [5.41, 5.74) is 0. The van der Waals surface area contributed by atoms with Crippen LogP contribution in [0, 0.1) is 5.92 Å². The minimum absolute atomic E-state index is 0.709. The zero-order valence-corrected chi connectivity index (χ0v) is 6.46. The highest BCUT2D eigenvalue weighted by Gasteiger charge is 2.21. The number of hydrogen-bond donors (Lipinski definition) is 1. The van der Waals surface area contributed by atoms with Gasteiger partial charge in [-0.3, -0.25) is 4.68 Å². The van der Waals surface area contributed by atoms with Gasteiger partial charge in [0.2, 0.25) is 0 Å². The first kappa shape index (κ1) is 6.22. The number of rotatable bonds is 2. The smallest absolute Gasteiger partial charge is 0.135 e. The number of hydrogen-bond acceptors (Lipinski definition) is 3. The molecule has 1 heterocycles. The molecule has 0 amide bonds. The van der Waals surface area contributed by atoms with Gasteiger partial charge in [-0.2, -0.15) is 0 Å². The van der Waals surface area contributed by atoms with Crippen LogP contribution >= 0.6 is 12.6 Å². The molecule has 0 atom stereocenters. The molecule has 54 valence electrons. The standard InChI is InChI=1S/C6H9N3S/c10-6-4-9(8-7-6)3-5-1-2-5/h4-5,10H,1-3H2. The summed E-state index contributed by atoms with van der Waals surface area (Å²) in [7, 11) is 0. The molecule has 0 N–H and O–H groups in total. The average Bonchev–Trinajstić information content (AvgIpc) is 2.59. The van der Waals surface area contributed by atoms with Crippen molar-refractivity contribution in [2.75, 3.05) is 0 Å². The fourth-order valence-corrected chi connectivity index (χ4v) is 1.12. The monoisotopic (exact) mass is 155 g/mol. The number of aromatic nitrogens is 3. The Bertz CT molecular complexity index is 229. The van der Waals surface area contributed by atoms with Crippen LogP contribution in [0.4, 0.5) is 0 Å². The molecule has 4 heteroatoms.